The van der Waals surface area contributed by atoms with Gasteiger partial charge >= 0.3 is 0 Å². The van der Waals surface area contributed by atoms with E-state index in [2.05, 4.69) is 5.32 Å². The largest absolute Gasteiger partial charge is 0.494 e. The predicted octanol–water partition coefficient (Wildman–Crippen LogP) is 3.77. The highest BCUT2D eigenvalue weighted by molar-refractivity contribution is 6.30. The number of halogens is 1. The Morgan fingerprint density at radius 1 is 1.38 bits per heavy atom. The van der Waals surface area contributed by atoms with Crippen LogP contribution in [0.1, 0.15) is 36.4 Å². The minimum atomic E-state index is 0.630. The lowest BCUT2D eigenvalue weighted by Crippen LogP contribution is -2.13. The number of hydrogen-bond donors (Lipinski definition) is 1. The van der Waals surface area contributed by atoms with E-state index < -0.39 is 0 Å². The Balaban J connectivity index is 1.87. The summed E-state index contributed by atoms with van der Waals surface area (Å²) in [5.41, 5.74) is 3.55. The molecule has 0 unspecified atom stereocenters. The fourth-order valence-corrected chi connectivity index (χ4v) is 3.38. The monoisotopic (exact) mass is 303 g/mol. The van der Waals surface area contributed by atoms with Gasteiger partial charge in [0.05, 0.1) is 12.8 Å². The number of methoxy groups -OCH3 is 1. The quantitative estimate of drug-likeness (QED) is 0.938. The molecule has 110 valence electrons. The van der Waals surface area contributed by atoms with Crippen LogP contribution in [0.2, 0.25) is 5.02 Å². The minimum Gasteiger partial charge on any atom is -0.494 e. The molecule has 2 heterocycles. The molecule has 1 N–H and O–H groups in total. The summed E-state index contributed by atoms with van der Waals surface area (Å²) in [5, 5.41) is 9.05. The van der Waals surface area contributed by atoms with Gasteiger partial charge < -0.3 is 10.1 Å². The number of rotatable bonds is 3. The van der Waals surface area contributed by atoms with Crippen LogP contribution in [0.3, 0.4) is 0 Å². The van der Waals surface area contributed by atoms with Gasteiger partial charge in [-0.15, -0.1) is 0 Å². The van der Waals surface area contributed by atoms with E-state index in [1.54, 1.807) is 7.11 Å². The topological polar surface area (TPSA) is 39.1 Å². The fourth-order valence-electron chi connectivity index (χ4n) is 3.21. The molecule has 21 heavy (non-hydrogen) atoms. The molecule has 1 fully saturated rings. The summed E-state index contributed by atoms with van der Waals surface area (Å²) in [5.74, 6) is 2.53. The number of fused-ring (bicyclic) bond motifs is 1. The van der Waals surface area contributed by atoms with Gasteiger partial charge in [0, 0.05) is 23.0 Å². The van der Waals surface area contributed by atoms with E-state index in [1.807, 2.05) is 22.9 Å². The average molecular weight is 304 g/mol. The van der Waals surface area contributed by atoms with Crippen molar-refractivity contribution in [2.45, 2.75) is 31.6 Å². The molecule has 1 saturated carbocycles. The summed E-state index contributed by atoms with van der Waals surface area (Å²) in [7, 11) is 1.68. The standard InChI is InChI=1S/C16H18ClN3O/c1-21-14-6-5-11(17)9-13(14)20-16-12(7-8-18-16)15(19-20)10-3-2-4-10/h5-6,9-10,18H,2-4,7-8H2,1H3. The van der Waals surface area contributed by atoms with E-state index in [4.69, 9.17) is 21.4 Å². The molecule has 2 aromatic rings. The molecule has 2 aliphatic rings. The van der Waals surface area contributed by atoms with Crippen LogP contribution in [0.15, 0.2) is 18.2 Å². The summed E-state index contributed by atoms with van der Waals surface area (Å²) < 4.78 is 7.45. The minimum absolute atomic E-state index is 0.630. The first kappa shape index (κ1) is 13.0. The molecule has 5 heteroatoms. The zero-order chi connectivity index (χ0) is 14.4. The van der Waals surface area contributed by atoms with Gasteiger partial charge in [0.2, 0.25) is 0 Å². The van der Waals surface area contributed by atoms with Gasteiger partial charge in [-0.05, 0) is 37.5 Å². The van der Waals surface area contributed by atoms with Crippen molar-refractivity contribution >= 4 is 17.4 Å². The molecular weight excluding hydrogens is 286 g/mol. The maximum absolute atomic E-state index is 6.17. The number of nitrogens with one attached hydrogen (secondary N) is 1. The lowest BCUT2D eigenvalue weighted by Gasteiger charge is -2.24. The smallest absolute Gasteiger partial charge is 0.144 e. The van der Waals surface area contributed by atoms with E-state index >= 15 is 0 Å². The zero-order valence-corrected chi connectivity index (χ0v) is 12.8. The first-order valence-corrected chi connectivity index (χ1v) is 7.85. The van der Waals surface area contributed by atoms with Crippen molar-refractivity contribution in [2.75, 3.05) is 19.0 Å². The summed E-state index contributed by atoms with van der Waals surface area (Å²) in [6, 6.07) is 5.65. The number of anilines is 1. The second-order valence-electron chi connectivity index (χ2n) is 5.74. The van der Waals surface area contributed by atoms with Gasteiger partial charge in [-0.2, -0.15) is 5.10 Å². The lowest BCUT2D eigenvalue weighted by molar-refractivity contribution is 0.403. The Bertz CT molecular complexity index is 691. The summed E-state index contributed by atoms with van der Waals surface area (Å²) >= 11 is 6.17. The van der Waals surface area contributed by atoms with Crippen molar-refractivity contribution in [3.8, 4) is 11.4 Å². The third-order valence-corrected chi connectivity index (χ3v) is 4.78. The molecule has 4 rings (SSSR count). The Labute approximate surface area is 129 Å². The molecule has 0 saturated heterocycles. The van der Waals surface area contributed by atoms with Crippen molar-refractivity contribution in [3.63, 3.8) is 0 Å². The van der Waals surface area contributed by atoms with Gasteiger partial charge in [-0.1, -0.05) is 18.0 Å². The maximum Gasteiger partial charge on any atom is 0.144 e. The van der Waals surface area contributed by atoms with E-state index in [0.29, 0.717) is 10.9 Å². The third kappa shape index (κ3) is 2.01. The predicted molar refractivity (Wildman–Crippen MR) is 83.9 cm³/mol. The van der Waals surface area contributed by atoms with Crippen molar-refractivity contribution in [1.29, 1.82) is 0 Å². The molecule has 1 aromatic carbocycles. The SMILES string of the molecule is COc1ccc(Cl)cc1-n1nc(C2CCC2)c2c1NCC2. The Morgan fingerprint density at radius 3 is 2.95 bits per heavy atom. The molecule has 0 bridgehead atoms. The number of hydrogen-bond acceptors (Lipinski definition) is 3. The van der Waals surface area contributed by atoms with Crippen LogP contribution in [0.25, 0.3) is 5.69 Å². The molecule has 1 aliphatic heterocycles. The average Bonchev–Trinajstić information content (AvgIpc) is 3.00. The normalized spacial score (nSPS) is 17.2. The first-order valence-electron chi connectivity index (χ1n) is 7.47. The van der Waals surface area contributed by atoms with E-state index in [1.165, 1.54) is 30.5 Å². The van der Waals surface area contributed by atoms with Crippen molar-refractivity contribution < 1.29 is 4.74 Å². The van der Waals surface area contributed by atoms with E-state index in [-0.39, 0.29) is 0 Å². The molecule has 0 radical (unpaired) electrons. The highest BCUT2D eigenvalue weighted by Crippen LogP contribution is 2.42. The summed E-state index contributed by atoms with van der Waals surface area (Å²) in [4.78, 5) is 0. The Hall–Kier alpha value is -1.68. The van der Waals surface area contributed by atoms with Crippen LogP contribution in [-0.2, 0) is 6.42 Å². The molecule has 0 atom stereocenters. The van der Waals surface area contributed by atoms with E-state index in [9.17, 15) is 0 Å². The number of aromatic nitrogens is 2. The van der Waals surface area contributed by atoms with Gasteiger partial charge in [0.25, 0.3) is 0 Å². The van der Waals surface area contributed by atoms with Crippen LogP contribution < -0.4 is 10.1 Å². The summed E-state index contributed by atoms with van der Waals surface area (Å²) in [6.45, 7) is 0.982. The van der Waals surface area contributed by atoms with Crippen LogP contribution in [0.4, 0.5) is 5.82 Å². The Kier molecular flexibility index (Phi) is 3.07. The molecule has 4 nitrogen and oxygen atoms in total. The zero-order valence-electron chi connectivity index (χ0n) is 12.0. The molecule has 0 spiro atoms. The number of benzene rings is 1. The van der Waals surface area contributed by atoms with Crippen molar-refractivity contribution in [3.05, 3.63) is 34.5 Å². The van der Waals surface area contributed by atoms with Gasteiger partial charge in [0.1, 0.15) is 17.3 Å². The Morgan fingerprint density at radius 2 is 2.24 bits per heavy atom. The fraction of sp³-hybridized carbons (Fsp3) is 0.438. The second kappa shape index (κ2) is 4.95. The highest BCUT2D eigenvalue weighted by atomic mass is 35.5. The number of nitrogens with zero attached hydrogens (tertiary/aromatic N) is 2. The lowest BCUT2D eigenvalue weighted by atomic mass is 9.81. The first-order chi connectivity index (χ1) is 10.3. The van der Waals surface area contributed by atoms with Crippen LogP contribution >= 0.6 is 11.6 Å². The van der Waals surface area contributed by atoms with Crippen molar-refractivity contribution in [2.24, 2.45) is 0 Å². The molecule has 1 aromatic heterocycles. The van der Waals surface area contributed by atoms with Crippen molar-refractivity contribution in [1.82, 2.24) is 9.78 Å². The van der Waals surface area contributed by atoms with E-state index in [0.717, 1.165) is 30.2 Å². The highest BCUT2D eigenvalue weighted by Gasteiger charge is 2.31. The second-order valence-corrected chi connectivity index (χ2v) is 6.18. The van der Waals surface area contributed by atoms with Crippen LogP contribution in [-0.4, -0.2) is 23.4 Å². The van der Waals surface area contributed by atoms with Gasteiger partial charge in [0.15, 0.2) is 0 Å². The summed E-state index contributed by atoms with van der Waals surface area (Å²) in [6.07, 6.45) is 4.90. The molecule has 1 aliphatic carbocycles. The van der Waals surface area contributed by atoms with Gasteiger partial charge in [-0.25, -0.2) is 4.68 Å². The third-order valence-electron chi connectivity index (χ3n) is 4.54. The van der Waals surface area contributed by atoms with Crippen LogP contribution in [0.5, 0.6) is 5.75 Å². The van der Waals surface area contributed by atoms with Gasteiger partial charge in [-0.3, -0.25) is 0 Å². The molecule has 0 amide bonds. The van der Waals surface area contributed by atoms with Crippen LogP contribution in [0, 0.1) is 0 Å². The maximum atomic E-state index is 6.17. The molecular formula is C16H18ClN3O. The number of ether oxygens (including phenoxy) is 1.